The predicted molar refractivity (Wildman–Crippen MR) is 29.3 cm³/mol. The molecule has 0 unspecified atom stereocenters. The molecule has 0 bridgehead atoms. The summed E-state index contributed by atoms with van der Waals surface area (Å²) in [6.07, 6.45) is -2.18. The van der Waals surface area contributed by atoms with Crippen molar-refractivity contribution in [2.75, 3.05) is 12.0 Å². The first-order chi connectivity index (χ1) is 4.00. The highest BCUT2D eigenvalue weighted by molar-refractivity contribution is 7.98. The fraction of sp³-hybridized carbons (Fsp3) is 1.00. The highest BCUT2D eigenvalue weighted by Crippen LogP contribution is 2.25. The van der Waals surface area contributed by atoms with Crippen LogP contribution in [0.2, 0.25) is 0 Å². The van der Waals surface area contributed by atoms with Gasteiger partial charge in [0.15, 0.2) is 0 Å². The van der Waals surface area contributed by atoms with Crippen LogP contribution in [0.25, 0.3) is 0 Å². The molecule has 0 radical (unpaired) electrons. The van der Waals surface area contributed by atoms with Crippen LogP contribution in [0.5, 0.6) is 0 Å². The van der Waals surface area contributed by atoms with Crippen molar-refractivity contribution >= 4 is 11.8 Å². The van der Waals surface area contributed by atoms with E-state index >= 15 is 0 Å². The minimum absolute atomic E-state index is 0.707. The fourth-order valence-electron chi connectivity index (χ4n) is 0.255. The van der Waals surface area contributed by atoms with E-state index in [0.717, 1.165) is 0 Å². The molecule has 0 aromatic heterocycles. The molecule has 0 N–H and O–H groups in total. The monoisotopic (exact) mass is 162 g/mol. The maximum Gasteiger partial charge on any atom is 0.316 e. The summed E-state index contributed by atoms with van der Waals surface area (Å²) in [6, 6.07) is 0. The van der Waals surface area contributed by atoms with E-state index < -0.39 is 18.1 Å². The summed E-state index contributed by atoms with van der Waals surface area (Å²) < 4.78 is 46.0. The normalized spacial score (nSPS) is 12.7. The molecule has 0 heterocycles. The second-order valence-corrected chi connectivity index (χ2v) is 2.36. The van der Waals surface area contributed by atoms with Crippen molar-refractivity contribution in [2.24, 2.45) is 0 Å². The first-order valence-electron chi connectivity index (χ1n) is 2.15. The van der Waals surface area contributed by atoms with Gasteiger partial charge in [-0.3, -0.25) is 0 Å². The zero-order valence-corrected chi connectivity index (χ0v) is 5.52. The average Bonchev–Trinajstić information content (AvgIpc) is 1.65. The summed E-state index contributed by atoms with van der Waals surface area (Å²) in [7, 11) is 0. The summed E-state index contributed by atoms with van der Waals surface area (Å²) in [5.41, 5.74) is 0. The molecule has 0 amide bonds. The summed E-state index contributed by atoms with van der Waals surface area (Å²) in [5.74, 6) is -4.63. The molecular weight excluding hydrogens is 156 g/mol. The third kappa shape index (κ3) is 2.93. The molecule has 5 heteroatoms. The number of hydrogen-bond acceptors (Lipinski definition) is 1. The van der Waals surface area contributed by atoms with Crippen LogP contribution < -0.4 is 0 Å². The van der Waals surface area contributed by atoms with Gasteiger partial charge in [-0.15, -0.1) is 0 Å². The van der Waals surface area contributed by atoms with Crippen LogP contribution in [0.3, 0.4) is 0 Å². The molecule has 0 nitrogen and oxygen atoms in total. The van der Waals surface area contributed by atoms with Gasteiger partial charge in [0, 0.05) is 0 Å². The summed E-state index contributed by atoms with van der Waals surface area (Å²) in [6.45, 7) is 0. The minimum atomic E-state index is -3.82. The maximum atomic E-state index is 11.8. The molecule has 0 aromatic rings. The molecule has 0 saturated carbocycles. The van der Waals surface area contributed by atoms with Gasteiger partial charge in [0.2, 0.25) is 0 Å². The molecule has 0 fully saturated rings. The Labute approximate surface area is 54.6 Å². The fourth-order valence-corrected chi connectivity index (χ4v) is 0.766. The lowest BCUT2D eigenvalue weighted by molar-refractivity contribution is -0.109. The van der Waals surface area contributed by atoms with Gasteiger partial charge in [-0.1, -0.05) is 0 Å². The van der Waals surface area contributed by atoms with Crippen molar-refractivity contribution < 1.29 is 17.6 Å². The van der Waals surface area contributed by atoms with Crippen LogP contribution in [0, 0.1) is 0 Å². The van der Waals surface area contributed by atoms with Gasteiger partial charge in [-0.25, -0.2) is 8.78 Å². The predicted octanol–water partition coefficient (Wildman–Crippen LogP) is 2.25. The zero-order chi connectivity index (χ0) is 7.49. The summed E-state index contributed by atoms with van der Waals surface area (Å²) in [4.78, 5) is 0. The number of thioether (sulfide) groups is 1. The van der Waals surface area contributed by atoms with Crippen LogP contribution in [0.1, 0.15) is 0 Å². The lowest BCUT2D eigenvalue weighted by atomic mass is 10.4. The first kappa shape index (κ1) is 9.07. The van der Waals surface area contributed by atoms with Crippen LogP contribution in [0.4, 0.5) is 17.6 Å². The maximum absolute atomic E-state index is 11.8. The standard InChI is InChI=1S/C4H6F4S/c1-9-2-4(7,8)3(5)6/h3H,2H2,1H3. The minimum Gasteiger partial charge on any atom is -0.204 e. The van der Waals surface area contributed by atoms with Crippen molar-refractivity contribution in [1.29, 1.82) is 0 Å². The van der Waals surface area contributed by atoms with Crippen molar-refractivity contribution in [1.82, 2.24) is 0 Å². The largest absolute Gasteiger partial charge is 0.316 e. The van der Waals surface area contributed by atoms with Gasteiger partial charge in [-0.2, -0.15) is 20.5 Å². The smallest absolute Gasteiger partial charge is 0.204 e. The van der Waals surface area contributed by atoms with Crippen LogP contribution in [0.15, 0.2) is 0 Å². The molecular formula is C4H6F4S. The number of rotatable bonds is 3. The molecule has 56 valence electrons. The van der Waals surface area contributed by atoms with Crippen molar-refractivity contribution in [3.63, 3.8) is 0 Å². The Morgan fingerprint density at radius 1 is 1.44 bits per heavy atom. The third-order valence-electron chi connectivity index (χ3n) is 0.656. The molecule has 0 aliphatic heterocycles. The Morgan fingerprint density at radius 3 is 2.00 bits per heavy atom. The Bertz CT molecular complexity index is 82.6. The lowest BCUT2D eigenvalue weighted by Gasteiger charge is -2.12. The van der Waals surface area contributed by atoms with Gasteiger partial charge in [0.25, 0.3) is 0 Å². The van der Waals surface area contributed by atoms with E-state index in [1.165, 1.54) is 6.26 Å². The van der Waals surface area contributed by atoms with E-state index in [0.29, 0.717) is 11.8 Å². The van der Waals surface area contributed by atoms with Crippen LogP contribution >= 0.6 is 11.8 Å². The van der Waals surface area contributed by atoms with E-state index in [4.69, 9.17) is 0 Å². The second-order valence-electron chi connectivity index (χ2n) is 1.49. The van der Waals surface area contributed by atoms with E-state index in [9.17, 15) is 17.6 Å². The van der Waals surface area contributed by atoms with Gasteiger partial charge in [0.1, 0.15) is 0 Å². The van der Waals surface area contributed by atoms with Crippen molar-refractivity contribution in [3.05, 3.63) is 0 Å². The molecule has 0 aliphatic carbocycles. The molecule has 0 aromatic carbocycles. The first-order valence-corrected chi connectivity index (χ1v) is 3.55. The zero-order valence-electron chi connectivity index (χ0n) is 4.70. The van der Waals surface area contributed by atoms with Gasteiger partial charge in [-0.05, 0) is 6.26 Å². The lowest BCUT2D eigenvalue weighted by Crippen LogP contribution is -2.28. The number of alkyl halides is 4. The Kier molecular flexibility index (Phi) is 3.32. The SMILES string of the molecule is CSCC(F)(F)C(F)F. The summed E-state index contributed by atoms with van der Waals surface area (Å²) >= 11 is 0.707. The second kappa shape index (κ2) is 3.29. The number of halogens is 4. The third-order valence-corrected chi connectivity index (χ3v) is 1.33. The van der Waals surface area contributed by atoms with Gasteiger partial charge >= 0.3 is 12.3 Å². The quantitative estimate of drug-likeness (QED) is 0.573. The molecule has 0 saturated heterocycles. The molecule has 9 heavy (non-hydrogen) atoms. The van der Waals surface area contributed by atoms with Crippen molar-refractivity contribution in [3.8, 4) is 0 Å². The molecule has 0 spiro atoms. The van der Waals surface area contributed by atoms with Crippen LogP contribution in [-0.4, -0.2) is 24.4 Å². The number of hydrogen-bond donors (Lipinski definition) is 0. The Hall–Kier alpha value is 0.0700. The highest BCUT2D eigenvalue weighted by Gasteiger charge is 2.39. The van der Waals surface area contributed by atoms with Crippen molar-refractivity contribution in [2.45, 2.75) is 12.3 Å². The molecule has 0 atom stereocenters. The van der Waals surface area contributed by atoms with Gasteiger partial charge < -0.3 is 0 Å². The summed E-state index contributed by atoms with van der Waals surface area (Å²) in [5, 5.41) is 0. The van der Waals surface area contributed by atoms with E-state index in [2.05, 4.69) is 0 Å². The topological polar surface area (TPSA) is 0 Å². The van der Waals surface area contributed by atoms with E-state index in [1.54, 1.807) is 0 Å². The van der Waals surface area contributed by atoms with Crippen LogP contribution in [-0.2, 0) is 0 Å². The highest BCUT2D eigenvalue weighted by atomic mass is 32.2. The van der Waals surface area contributed by atoms with E-state index in [1.807, 2.05) is 0 Å². The molecule has 0 rings (SSSR count). The molecule has 0 aliphatic rings. The van der Waals surface area contributed by atoms with Gasteiger partial charge in [0.05, 0.1) is 5.75 Å². The Balaban J connectivity index is 3.70. The van der Waals surface area contributed by atoms with E-state index in [-0.39, 0.29) is 0 Å². The Morgan fingerprint density at radius 2 is 1.89 bits per heavy atom. The average molecular weight is 162 g/mol.